The highest BCUT2D eigenvalue weighted by atomic mass is 32.2. The van der Waals surface area contributed by atoms with E-state index in [1.807, 2.05) is 37.3 Å². The van der Waals surface area contributed by atoms with Gasteiger partial charge < -0.3 is 11.1 Å². The summed E-state index contributed by atoms with van der Waals surface area (Å²) in [5, 5.41) is 2.92. The minimum atomic E-state index is 0.0183. The molecule has 3 nitrogen and oxygen atoms in total. The first-order chi connectivity index (χ1) is 10.1. The molecule has 0 saturated heterocycles. The van der Waals surface area contributed by atoms with Gasteiger partial charge in [0.2, 0.25) is 5.91 Å². The van der Waals surface area contributed by atoms with Gasteiger partial charge in [-0.3, -0.25) is 4.79 Å². The SMILES string of the molecule is Cc1ccccc1SCCC(=O)Nc1cccc(N)c1C. The number of amides is 1. The minimum Gasteiger partial charge on any atom is -0.398 e. The van der Waals surface area contributed by atoms with Crippen molar-refractivity contribution in [2.75, 3.05) is 16.8 Å². The average Bonchev–Trinajstić information content (AvgIpc) is 2.46. The first-order valence-corrected chi connectivity index (χ1v) is 7.90. The quantitative estimate of drug-likeness (QED) is 0.648. The lowest BCUT2D eigenvalue weighted by molar-refractivity contribution is -0.115. The zero-order valence-electron chi connectivity index (χ0n) is 12.3. The Morgan fingerprint density at radius 1 is 1.14 bits per heavy atom. The van der Waals surface area contributed by atoms with Crippen LogP contribution in [0.15, 0.2) is 47.4 Å². The van der Waals surface area contributed by atoms with Gasteiger partial charge >= 0.3 is 0 Å². The van der Waals surface area contributed by atoms with Gasteiger partial charge in [0.25, 0.3) is 0 Å². The first kappa shape index (κ1) is 15.4. The lowest BCUT2D eigenvalue weighted by Crippen LogP contribution is -2.13. The molecule has 2 aromatic carbocycles. The van der Waals surface area contributed by atoms with Crippen LogP contribution >= 0.6 is 11.8 Å². The van der Waals surface area contributed by atoms with Crippen LogP contribution in [0.3, 0.4) is 0 Å². The van der Waals surface area contributed by atoms with Crippen LogP contribution in [0.2, 0.25) is 0 Å². The molecular weight excluding hydrogens is 280 g/mol. The van der Waals surface area contributed by atoms with Crippen LogP contribution in [-0.4, -0.2) is 11.7 Å². The number of nitrogens with one attached hydrogen (secondary N) is 1. The van der Waals surface area contributed by atoms with Crippen molar-refractivity contribution >= 4 is 29.0 Å². The van der Waals surface area contributed by atoms with Crippen molar-refractivity contribution in [2.24, 2.45) is 0 Å². The lowest BCUT2D eigenvalue weighted by Gasteiger charge is -2.10. The molecule has 4 heteroatoms. The highest BCUT2D eigenvalue weighted by Gasteiger charge is 2.07. The van der Waals surface area contributed by atoms with Gasteiger partial charge in [0.1, 0.15) is 0 Å². The zero-order chi connectivity index (χ0) is 15.2. The fourth-order valence-corrected chi connectivity index (χ4v) is 2.95. The highest BCUT2D eigenvalue weighted by Crippen LogP contribution is 2.23. The third-order valence-electron chi connectivity index (χ3n) is 3.33. The third kappa shape index (κ3) is 4.26. The molecule has 0 saturated carbocycles. The van der Waals surface area contributed by atoms with E-state index in [1.165, 1.54) is 10.5 Å². The van der Waals surface area contributed by atoms with Crippen molar-refractivity contribution in [3.8, 4) is 0 Å². The van der Waals surface area contributed by atoms with E-state index in [0.29, 0.717) is 12.1 Å². The number of carbonyl (C=O) groups excluding carboxylic acids is 1. The van der Waals surface area contributed by atoms with Crippen LogP contribution < -0.4 is 11.1 Å². The monoisotopic (exact) mass is 300 g/mol. The van der Waals surface area contributed by atoms with Crippen LogP contribution in [0.25, 0.3) is 0 Å². The van der Waals surface area contributed by atoms with E-state index in [1.54, 1.807) is 11.8 Å². The number of rotatable bonds is 5. The molecule has 0 bridgehead atoms. The van der Waals surface area contributed by atoms with Crippen molar-refractivity contribution in [3.05, 3.63) is 53.6 Å². The summed E-state index contributed by atoms with van der Waals surface area (Å²) in [7, 11) is 0. The molecule has 0 atom stereocenters. The Bertz CT molecular complexity index is 640. The number of nitrogen functional groups attached to an aromatic ring is 1. The lowest BCUT2D eigenvalue weighted by atomic mass is 10.1. The largest absolute Gasteiger partial charge is 0.398 e. The molecule has 0 fully saturated rings. The van der Waals surface area contributed by atoms with E-state index in [0.717, 1.165) is 17.0 Å². The van der Waals surface area contributed by atoms with Gasteiger partial charge in [0.05, 0.1) is 0 Å². The van der Waals surface area contributed by atoms with Crippen molar-refractivity contribution in [1.29, 1.82) is 0 Å². The van der Waals surface area contributed by atoms with Crippen molar-refractivity contribution in [2.45, 2.75) is 25.2 Å². The standard InChI is InChI=1S/C17H20N2OS/c1-12-6-3-4-9-16(12)21-11-10-17(20)19-15-8-5-7-14(18)13(15)2/h3-9H,10-11,18H2,1-2H3,(H,19,20). The molecule has 0 aromatic heterocycles. The van der Waals surface area contributed by atoms with E-state index < -0.39 is 0 Å². The number of hydrogen-bond acceptors (Lipinski definition) is 3. The van der Waals surface area contributed by atoms with Crippen LogP contribution in [0.1, 0.15) is 17.5 Å². The van der Waals surface area contributed by atoms with Gasteiger partial charge in [-0.05, 0) is 43.2 Å². The molecule has 1 amide bonds. The smallest absolute Gasteiger partial charge is 0.225 e. The fraction of sp³-hybridized carbons (Fsp3) is 0.235. The molecule has 0 heterocycles. The Morgan fingerprint density at radius 2 is 1.90 bits per heavy atom. The zero-order valence-corrected chi connectivity index (χ0v) is 13.2. The molecule has 0 unspecified atom stereocenters. The van der Waals surface area contributed by atoms with E-state index in [2.05, 4.69) is 24.4 Å². The van der Waals surface area contributed by atoms with E-state index in [9.17, 15) is 4.79 Å². The predicted molar refractivity (Wildman–Crippen MR) is 90.7 cm³/mol. The van der Waals surface area contributed by atoms with E-state index >= 15 is 0 Å². The third-order valence-corrected chi connectivity index (χ3v) is 4.51. The van der Waals surface area contributed by atoms with E-state index in [-0.39, 0.29) is 5.91 Å². The summed E-state index contributed by atoms with van der Waals surface area (Å²) in [6.07, 6.45) is 0.479. The maximum absolute atomic E-state index is 12.0. The summed E-state index contributed by atoms with van der Waals surface area (Å²) in [4.78, 5) is 13.2. The number of benzene rings is 2. The topological polar surface area (TPSA) is 55.1 Å². The number of thioether (sulfide) groups is 1. The second-order valence-corrected chi connectivity index (χ2v) is 6.07. The average molecular weight is 300 g/mol. The van der Waals surface area contributed by atoms with Gasteiger partial charge in [0.15, 0.2) is 0 Å². The Kier molecular flexibility index (Phi) is 5.28. The Morgan fingerprint density at radius 3 is 2.67 bits per heavy atom. The summed E-state index contributed by atoms with van der Waals surface area (Å²) in [6, 6.07) is 13.8. The molecule has 0 radical (unpaired) electrons. The van der Waals surface area contributed by atoms with Gasteiger partial charge in [0, 0.05) is 28.4 Å². The molecule has 2 aromatic rings. The second-order valence-electron chi connectivity index (χ2n) is 4.93. The van der Waals surface area contributed by atoms with Gasteiger partial charge in [-0.25, -0.2) is 0 Å². The second kappa shape index (κ2) is 7.18. The predicted octanol–water partition coefficient (Wildman–Crippen LogP) is 4.01. The molecule has 0 aliphatic heterocycles. The molecule has 2 rings (SSSR count). The fourth-order valence-electron chi connectivity index (χ4n) is 1.97. The highest BCUT2D eigenvalue weighted by molar-refractivity contribution is 7.99. The molecular formula is C17H20N2OS. The summed E-state index contributed by atoms with van der Waals surface area (Å²) in [6.45, 7) is 3.99. The number of anilines is 2. The maximum atomic E-state index is 12.0. The first-order valence-electron chi connectivity index (χ1n) is 6.91. The van der Waals surface area contributed by atoms with Crippen molar-refractivity contribution < 1.29 is 4.79 Å². The normalized spacial score (nSPS) is 10.4. The number of carbonyl (C=O) groups is 1. The van der Waals surface area contributed by atoms with Gasteiger partial charge in [-0.2, -0.15) is 0 Å². The molecule has 110 valence electrons. The Labute approximate surface area is 129 Å². The molecule has 0 aliphatic carbocycles. The Balaban J connectivity index is 1.85. The summed E-state index contributed by atoms with van der Waals surface area (Å²) >= 11 is 1.71. The summed E-state index contributed by atoms with van der Waals surface area (Å²) in [5.74, 6) is 0.780. The van der Waals surface area contributed by atoms with Crippen molar-refractivity contribution in [3.63, 3.8) is 0 Å². The molecule has 3 N–H and O–H groups in total. The summed E-state index contributed by atoms with van der Waals surface area (Å²) in [5.41, 5.74) is 9.48. The molecule has 21 heavy (non-hydrogen) atoms. The number of aryl methyl sites for hydroxylation is 1. The van der Waals surface area contributed by atoms with E-state index in [4.69, 9.17) is 5.73 Å². The Hall–Kier alpha value is -1.94. The number of hydrogen-bond donors (Lipinski definition) is 2. The van der Waals surface area contributed by atoms with Crippen LogP contribution in [0, 0.1) is 13.8 Å². The van der Waals surface area contributed by atoms with Crippen LogP contribution in [0.5, 0.6) is 0 Å². The molecule has 0 spiro atoms. The van der Waals surface area contributed by atoms with Gasteiger partial charge in [-0.15, -0.1) is 11.8 Å². The van der Waals surface area contributed by atoms with Gasteiger partial charge in [-0.1, -0.05) is 24.3 Å². The molecule has 0 aliphatic rings. The van der Waals surface area contributed by atoms with Crippen LogP contribution in [0.4, 0.5) is 11.4 Å². The van der Waals surface area contributed by atoms with Crippen LogP contribution in [-0.2, 0) is 4.79 Å². The maximum Gasteiger partial charge on any atom is 0.225 e. The number of nitrogens with two attached hydrogens (primary N) is 1. The van der Waals surface area contributed by atoms with Crippen molar-refractivity contribution in [1.82, 2.24) is 0 Å². The summed E-state index contributed by atoms with van der Waals surface area (Å²) < 4.78 is 0. The minimum absolute atomic E-state index is 0.0183.